The minimum Gasteiger partial charge on any atom is -0.462 e. The number of rotatable bonds is 6. The van der Waals surface area contributed by atoms with Crippen molar-refractivity contribution in [1.29, 1.82) is 0 Å². The van der Waals surface area contributed by atoms with Crippen LogP contribution < -0.4 is 15.8 Å². The first-order chi connectivity index (χ1) is 17.4. The van der Waals surface area contributed by atoms with Crippen LogP contribution in [0.25, 0.3) is 5.52 Å². The number of halogens is 1. The Bertz CT molecular complexity index is 1260. The summed E-state index contributed by atoms with van der Waals surface area (Å²) in [7, 11) is 0. The second-order valence-electron chi connectivity index (χ2n) is 11.1. The summed E-state index contributed by atoms with van der Waals surface area (Å²) >= 11 is 0. The average molecular weight is 516 g/mol. The predicted molar refractivity (Wildman–Crippen MR) is 140 cm³/mol. The van der Waals surface area contributed by atoms with Gasteiger partial charge in [0.25, 0.3) is 5.56 Å². The number of aromatic nitrogens is 1. The molecular weight excluding hydrogens is 477 g/mol. The Hall–Kier alpha value is -3.10. The number of ether oxygens (including phenoxy) is 2. The molecule has 2 fully saturated rings. The lowest BCUT2D eigenvalue weighted by molar-refractivity contribution is 0.0476. The van der Waals surface area contributed by atoms with Crippen molar-refractivity contribution in [3.05, 3.63) is 45.1 Å². The number of pyridine rings is 2. The second-order valence-corrected chi connectivity index (χ2v) is 11.1. The van der Waals surface area contributed by atoms with Gasteiger partial charge in [-0.2, -0.15) is 0 Å². The molecule has 2 aromatic rings. The molecule has 1 aliphatic carbocycles. The van der Waals surface area contributed by atoms with Crippen molar-refractivity contribution in [3.8, 4) is 0 Å². The molecule has 0 unspecified atom stereocenters. The number of nitrogens with one attached hydrogen (secondary N) is 1. The highest BCUT2D eigenvalue weighted by molar-refractivity contribution is 5.90. The van der Waals surface area contributed by atoms with Crippen LogP contribution in [0.2, 0.25) is 0 Å². The molecule has 8 nitrogen and oxygen atoms in total. The first-order valence-electron chi connectivity index (χ1n) is 13.2. The van der Waals surface area contributed by atoms with Crippen LogP contribution >= 0.6 is 0 Å². The number of hydrogen-bond acceptors (Lipinski definition) is 6. The highest BCUT2D eigenvalue weighted by Crippen LogP contribution is 2.44. The Kier molecular flexibility index (Phi) is 7.53. The van der Waals surface area contributed by atoms with Gasteiger partial charge in [0.2, 0.25) is 0 Å². The van der Waals surface area contributed by atoms with Crippen LogP contribution in [0.3, 0.4) is 0 Å². The number of carbonyl (C=O) groups excluding carboxylic acids is 2. The number of alkyl carbamates (subject to hydrolysis) is 1. The third kappa shape index (κ3) is 5.60. The van der Waals surface area contributed by atoms with Crippen molar-refractivity contribution < 1.29 is 23.5 Å². The highest BCUT2D eigenvalue weighted by Gasteiger charge is 2.35. The molecule has 1 amide bonds. The normalized spacial score (nSPS) is 20.1. The zero-order valence-electron chi connectivity index (χ0n) is 22.7. The van der Waals surface area contributed by atoms with E-state index in [0.717, 1.165) is 31.2 Å². The standard InChI is InChI=1S/C28H38FN3O5/c1-7-17-11-12-31(15-22(17)30-27(35)37-28(4,5)6)24-16(3)23-19(18-9-10-18)13-20(26(34)36-8-2)25(33)32(23)14-21(24)29/h13-14,17-18,22H,7-12,15H2,1-6H3,(H,30,35)/t17-,22+/m0/s1. The van der Waals surface area contributed by atoms with E-state index in [9.17, 15) is 14.4 Å². The van der Waals surface area contributed by atoms with Crippen LogP contribution in [0, 0.1) is 18.7 Å². The van der Waals surface area contributed by atoms with Crippen molar-refractivity contribution in [2.45, 2.75) is 84.8 Å². The predicted octanol–water partition coefficient (Wildman–Crippen LogP) is 4.93. The molecule has 1 aliphatic heterocycles. The van der Waals surface area contributed by atoms with E-state index in [1.165, 1.54) is 10.6 Å². The van der Waals surface area contributed by atoms with Crippen LogP contribution in [0.4, 0.5) is 14.9 Å². The maximum atomic E-state index is 15.7. The van der Waals surface area contributed by atoms with E-state index in [1.54, 1.807) is 13.0 Å². The smallest absolute Gasteiger partial charge is 0.407 e. The van der Waals surface area contributed by atoms with Gasteiger partial charge in [-0.25, -0.2) is 14.0 Å². The SMILES string of the molecule is CCOC(=O)c1cc(C2CC2)c2c(C)c(N3CC[C@H](CC)[C@H](NC(=O)OC(C)(C)C)C3)c(F)cn2c1=O. The summed E-state index contributed by atoms with van der Waals surface area (Å²) in [5, 5.41) is 3.00. The van der Waals surface area contributed by atoms with Gasteiger partial charge in [-0.05, 0) is 82.9 Å². The summed E-state index contributed by atoms with van der Waals surface area (Å²) in [6.07, 6.45) is 4.27. The Labute approximate surface area is 217 Å². The molecule has 1 N–H and O–H groups in total. The van der Waals surface area contributed by atoms with Crippen molar-refractivity contribution >= 4 is 23.3 Å². The lowest BCUT2D eigenvalue weighted by atomic mass is 9.88. The number of piperidine rings is 1. The number of hydrogen-bond donors (Lipinski definition) is 1. The third-order valence-electron chi connectivity index (χ3n) is 7.25. The third-order valence-corrected chi connectivity index (χ3v) is 7.25. The first kappa shape index (κ1) is 26.9. The summed E-state index contributed by atoms with van der Waals surface area (Å²) in [4.78, 5) is 40.2. The van der Waals surface area contributed by atoms with Gasteiger partial charge in [-0.15, -0.1) is 0 Å². The number of fused-ring (bicyclic) bond motifs is 1. The van der Waals surface area contributed by atoms with Crippen molar-refractivity contribution in [2.24, 2.45) is 5.92 Å². The second kappa shape index (κ2) is 10.3. The highest BCUT2D eigenvalue weighted by atomic mass is 19.1. The lowest BCUT2D eigenvalue weighted by Gasteiger charge is -2.40. The molecular formula is C28H38FN3O5. The zero-order chi connectivity index (χ0) is 27.1. The Morgan fingerprint density at radius 2 is 1.89 bits per heavy atom. The largest absolute Gasteiger partial charge is 0.462 e. The minimum absolute atomic E-state index is 0.0711. The Morgan fingerprint density at radius 3 is 2.49 bits per heavy atom. The van der Waals surface area contributed by atoms with Gasteiger partial charge < -0.3 is 19.7 Å². The number of nitrogens with zero attached hydrogens (tertiary/aromatic N) is 2. The quantitative estimate of drug-likeness (QED) is 0.549. The molecule has 0 spiro atoms. The lowest BCUT2D eigenvalue weighted by Crippen LogP contribution is -2.53. The Balaban J connectivity index is 1.74. The van der Waals surface area contributed by atoms with Gasteiger partial charge >= 0.3 is 12.1 Å². The molecule has 2 aliphatic rings. The van der Waals surface area contributed by atoms with Gasteiger partial charge in [-0.1, -0.05) is 13.3 Å². The average Bonchev–Trinajstić information content (AvgIpc) is 3.64. The van der Waals surface area contributed by atoms with E-state index in [1.807, 2.05) is 32.6 Å². The molecule has 3 heterocycles. The minimum atomic E-state index is -0.691. The maximum absolute atomic E-state index is 15.7. The van der Waals surface area contributed by atoms with Crippen LogP contribution in [0.1, 0.15) is 87.7 Å². The number of amides is 1. The molecule has 4 rings (SSSR count). The summed E-state index contributed by atoms with van der Waals surface area (Å²) < 4.78 is 27.6. The van der Waals surface area contributed by atoms with Gasteiger partial charge in [0, 0.05) is 13.1 Å². The van der Waals surface area contributed by atoms with E-state index in [-0.39, 0.29) is 30.0 Å². The molecule has 2 aromatic heterocycles. The molecule has 1 saturated heterocycles. The maximum Gasteiger partial charge on any atom is 0.407 e. The van der Waals surface area contributed by atoms with Crippen molar-refractivity contribution in [3.63, 3.8) is 0 Å². The molecule has 37 heavy (non-hydrogen) atoms. The molecule has 1 saturated carbocycles. The van der Waals surface area contributed by atoms with Crippen molar-refractivity contribution in [1.82, 2.24) is 9.72 Å². The molecule has 0 radical (unpaired) electrons. The Morgan fingerprint density at radius 1 is 1.19 bits per heavy atom. The number of anilines is 1. The monoisotopic (exact) mass is 515 g/mol. The van der Waals surface area contributed by atoms with Crippen molar-refractivity contribution in [2.75, 3.05) is 24.6 Å². The van der Waals surface area contributed by atoms with Gasteiger partial charge in [-0.3, -0.25) is 9.20 Å². The fourth-order valence-electron chi connectivity index (χ4n) is 5.41. The van der Waals surface area contributed by atoms with Gasteiger partial charge in [0.15, 0.2) is 5.82 Å². The summed E-state index contributed by atoms with van der Waals surface area (Å²) in [6, 6.07) is 1.43. The topological polar surface area (TPSA) is 89.3 Å². The first-order valence-corrected chi connectivity index (χ1v) is 13.2. The van der Waals surface area contributed by atoms with Gasteiger partial charge in [0.05, 0.1) is 30.0 Å². The molecule has 0 aromatic carbocycles. The molecule has 9 heteroatoms. The van der Waals surface area contributed by atoms with E-state index in [4.69, 9.17) is 9.47 Å². The van der Waals surface area contributed by atoms with E-state index < -0.39 is 29.0 Å². The molecule has 0 bridgehead atoms. The van der Waals surface area contributed by atoms with Crippen LogP contribution in [-0.2, 0) is 9.47 Å². The van der Waals surface area contributed by atoms with E-state index >= 15 is 4.39 Å². The van der Waals surface area contributed by atoms with Crippen LogP contribution in [0.5, 0.6) is 0 Å². The van der Waals surface area contributed by atoms with E-state index in [2.05, 4.69) is 12.2 Å². The molecule has 2 atom stereocenters. The number of aryl methyl sites for hydroxylation is 1. The fraction of sp³-hybridized carbons (Fsp3) is 0.607. The zero-order valence-corrected chi connectivity index (χ0v) is 22.7. The van der Waals surface area contributed by atoms with Gasteiger partial charge in [0.1, 0.15) is 11.2 Å². The summed E-state index contributed by atoms with van der Waals surface area (Å²) in [5.41, 5.74) is 1.32. The summed E-state index contributed by atoms with van der Waals surface area (Å²) in [6.45, 7) is 12.2. The number of esters is 1. The fourth-order valence-corrected chi connectivity index (χ4v) is 5.41. The molecule has 202 valence electrons. The summed E-state index contributed by atoms with van der Waals surface area (Å²) in [5.74, 6) is -0.776. The van der Waals surface area contributed by atoms with Crippen LogP contribution in [-0.4, -0.2) is 47.8 Å². The van der Waals surface area contributed by atoms with E-state index in [0.29, 0.717) is 29.9 Å². The van der Waals surface area contributed by atoms with Crippen LogP contribution in [0.15, 0.2) is 17.1 Å². The number of carbonyl (C=O) groups is 2.